The fourth-order valence-corrected chi connectivity index (χ4v) is 2.77. The molecular formula is C13H15ClN2O3. The Hall–Kier alpha value is -1.62. The molecule has 1 atom stereocenters. The highest BCUT2D eigenvalue weighted by atomic mass is 35.5. The maximum absolute atomic E-state index is 12.0. The molecule has 1 aliphatic heterocycles. The highest BCUT2D eigenvalue weighted by molar-refractivity contribution is 6.18. The van der Waals surface area contributed by atoms with Crippen molar-refractivity contribution in [1.82, 2.24) is 0 Å². The fraction of sp³-hybridized carbons (Fsp3) is 0.462. The lowest BCUT2D eigenvalue weighted by atomic mass is 10.1. The maximum Gasteiger partial charge on any atom is 0.270 e. The SMILES string of the molecule is Cc1cc([N+](=O)[O-])cc(C)c1N1CC(CCl)CC1=O. The summed E-state index contributed by atoms with van der Waals surface area (Å²) >= 11 is 5.80. The molecule has 1 aromatic carbocycles. The summed E-state index contributed by atoms with van der Waals surface area (Å²) in [6, 6.07) is 3.01. The molecule has 19 heavy (non-hydrogen) atoms. The third-order valence-corrected chi connectivity index (χ3v) is 3.82. The number of rotatable bonds is 3. The van der Waals surface area contributed by atoms with E-state index in [0.717, 1.165) is 16.8 Å². The van der Waals surface area contributed by atoms with Gasteiger partial charge in [-0.25, -0.2) is 0 Å². The number of halogens is 1. The van der Waals surface area contributed by atoms with Crippen LogP contribution in [0.25, 0.3) is 0 Å². The molecule has 2 rings (SSSR count). The van der Waals surface area contributed by atoms with Gasteiger partial charge >= 0.3 is 0 Å². The second kappa shape index (κ2) is 5.17. The molecule has 1 saturated heterocycles. The summed E-state index contributed by atoms with van der Waals surface area (Å²) in [5.41, 5.74) is 2.33. The van der Waals surface area contributed by atoms with E-state index in [1.165, 1.54) is 12.1 Å². The Balaban J connectivity index is 2.41. The number of amides is 1. The zero-order valence-corrected chi connectivity index (χ0v) is 11.6. The number of non-ortho nitro benzene ring substituents is 1. The predicted octanol–water partition coefficient (Wildman–Crippen LogP) is 2.80. The van der Waals surface area contributed by atoms with Gasteiger partial charge in [-0.3, -0.25) is 14.9 Å². The smallest absolute Gasteiger partial charge is 0.270 e. The minimum absolute atomic E-state index is 0.0331. The van der Waals surface area contributed by atoms with Crippen LogP contribution < -0.4 is 4.90 Å². The molecule has 0 aromatic heterocycles. The Kier molecular flexibility index (Phi) is 3.75. The molecule has 0 N–H and O–H groups in total. The number of carbonyl (C=O) groups excluding carboxylic acids is 1. The Labute approximate surface area is 116 Å². The second-order valence-electron chi connectivity index (χ2n) is 4.91. The molecule has 0 spiro atoms. The first-order chi connectivity index (χ1) is 8.93. The first kappa shape index (κ1) is 13.8. The molecule has 102 valence electrons. The number of hydrogen-bond donors (Lipinski definition) is 0. The maximum atomic E-state index is 12.0. The molecule has 6 heteroatoms. The Morgan fingerprint density at radius 1 is 1.42 bits per heavy atom. The summed E-state index contributed by atoms with van der Waals surface area (Å²) < 4.78 is 0. The molecule has 1 aromatic rings. The first-order valence-electron chi connectivity index (χ1n) is 6.06. The van der Waals surface area contributed by atoms with E-state index in [9.17, 15) is 14.9 Å². The van der Waals surface area contributed by atoms with Gasteiger partial charge in [0.05, 0.1) is 4.92 Å². The van der Waals surface area contributed by atoms with E-state index in [-0.39, 0.29) is 17.5 Å². The van der Waals surface area contributed by atoms with Crippen LogP contribution in [0, 0.1) is 29.9 Å². The first-order valence-corrected chi connectivity index (χ1v) is 6.59. The zero-order chi connectivity index (χ0) is 14.2. The number of hydrogen-bond acceptors (Lipinski definition) is 3. The van der Waals surface area contributed by atoms with Crippen molar-refractivity contribution in [1.29, 1.82) is 0 Å². The molecule has 0 saturated carbocycles. The molecule has 5 nitrogen and oxygen atoms in total. The third-order valence-electron chi connectivity index (χ3n) is 3.38. The van der Waals surface area contributed by atoms with Crippen LogP contribution in [-0.4, -0.2) is 23.3 Å². The monoisotopic (exact) mass is 282 g/mol. The lowest BCUT2D eigenvalue weighted by Gasteiger charge is -2.21. The van der Waals surface area contributed by atoms with Crippen molar-refractivity contribution in [3.8, 4) is 0 Å². The lowest BCUT2D eigenvalue weighted by Crippen LogP contribution is -2.26. The second-order valence-corrected chi connectivity index (χ2v) is 5.22. The van der Waals surface area contributed by atoms with Crippen molar-refractivity contribution in [3.05, 3.63) is 33.4 Å². The zero-order valence-electron chi connectivity index (χ0n) is 10.9. The summed E-state index contributed by atoms with van der Waals surface area (Å²) in [5.74, 6) is 0.640. The van der Waals surface area contributed by atoms with E-state index in [4.69, 9.17) is 11.6 Å². The molecule has 1 heterocycles. The van der Waals surface area contributed by atoms with E-state index in [1.54, 1.807) is 18.7 Å². The van der Waals surface area contributed by atoms with Crippen molar-refractivity contribution in [2.45, 2.75) is 20.3 Å². The largest absolute Gasteiger partial charge is 0.312 e. The number of anilines is 1. The predicted molar refractivity (Wildman–Crippen MR) is 73.8 cm³/mol. The molecule has 1 aliphatic rings. The number of benzene rings is 1. The van der Waals surface area contributed by atoms with Gasteiger partial charge < -0.3 is 4.90 Å². The summed E-state index contributed by atoms with van der Waals surface area (Å²) in [4.78, 5) is 24.1. The normalized spacial score (nSPS) is 19.0. The molecular weight excluding hydrogens is 268 g/mol. The van der Waals surface area contributed by atoms with Crippen molar-refractivity contribution in [2.24, 2.45) is 5.92 Å². The molecule has 1 amide bonds. The van der Waals surface area contributed by atoms with E-state index in [2.05, 4.69) is 0 Å². The number of nitro groups is 1. The van der Waals surface area contributed by atoms with E-state index in [0.29, 0.717) is 18.8 Å². The summed E-state index contributed by atoms with van der Waals surface area (Å²) in [6.45, 7) is 4.16. The van der Waals surface area contributed by atoms with Crippen molar-refractivity contribution >= 4 is 28.9 Å². The average Bonchev–Trinajstić information content (AvgIpc) is 2.70. The quantitative estimate of drug-likeness (QED) is 0.486. The van der Waals surface area contributed by atoms with Crippen molar-refractivity contribution in [2.75, 3.05) is 17.3 Å². The number of carbonyl (C=O) groups is 1. The van der Waals surface area contributed by atoms with Gasteiger partial charge in [0.15, 0.2) is 0 Å². The molecule has 0 radical (unpaired) electrons. The minimum atomic E-state index is -0.419. The van der Waals surface area contributed by atoms with E-state index in [1.807, 2.05) is 0 Å². The molecule has 0 aliphatic carbocycles. The van der Waals surface area contributed by atoms with Crippen molar-refractivity contribution < 1.29 is 9.72 Å². The van der Waals surface area contributed by atoms with Crippen LogP contribution in [0.4, 0.5) is 11.4 Å². The fourth-order valence-electron chi connectivity index (χ4n) is 2.57. The van der Waals surface area contributed by atoms with Crippen LogP contribution in [0.5, 0.6) is 0 Å². The van der Waals surface area contributed by atoms with Crippen LogP contribution in [0.3, 0.4) is 0 Å². The summed E-state index contributed by atoms with van der Waals surface area (Å²) in [7, 11) is 0. The topological polar surface area (TPSA) is 63.5 Å². The highest BCUT2D eigenvalue weighted by Gasteiger charge is 2.32. The summed E-state index contributed by atoms with van der Waals surface area (Å²) in [6.07, 6.45) is 0.444. The lowest BCUT2D eigenvalue weighted by molar-refractivity contribution is -0.384. The number of alkyl halides is 1. The number of nitrogens with zero attached hydrogens (tertiary/aromatic N) is 2. The Bertz CT molecular complexity index is 522. The van der Waals surface area contributed by atoms with Crippen molar-refractivity contribution in [3.63, 3.8) is 0 Å². The van der Waals surface area contributed by atoms with Gasteiger partial charge in [0.2, 0.25) is 5.91 Å². The Morgan fingerprint density at radius 2 is 2.00 bits per heavy atom. The van der Waals surface area contributed by atoms with Gasteiger partial charge in [-0.2, -0.15) is 0 Å². The molecule has 1 unspecified atom stereocenters. The van der Waals surface area contributed by atoms with Crippen LogP contribution in [0.2, 0.25) is 0 Å². The van der Waals surface area contributed by atoms with Crippen LogP contribution >= 0.6 is 11.6 Å². The van der Waals surface area contributed by atoms with Gasteiger partial charge in [0, 0.05) is 36.7 Å². The van der Waals surface area contributed by atoms with Gasteiger partial charge in [-0.1, -0.05) is 0 Å². The third kappa shape index (κ3) is 2.56. The van der Waals surface area contributed by atoms with Gasteiger partial charge in [-0.05, 0) is 30.9 Å². The van der Waals surface area contributed by atoms with Crippen LogP contribution in [0.15, 0.2) is 12.1 Å². The molecule has 0 bridgehead atoms. The van der Waals surface area contributed by atoms with E-state index >= 15 is 0 Å². The number of aryl methyl sites for hydroxylation is 2. The minimum Gasteiger partial charge on any atom is -0.312 e. The molecule has 1 fully saturated rings. The van der Waals surface area contributed by atoms with E-state index < -0.39 is 4.92 Å². The standard InChI is InChI=1S/C13H15ClN2O3/c1-8-3-11(16(18)19)4-9(2)13(8)15-7-10(6-14)5-12(15)17/h3-4,10H,5-7H2,1-2H3. The highest BCUT2D eigenvalue weighted by Crippen LogP contribution is 2.33. The van der Waals surface area contributed by atoms with Gasteiger partial charge in [0.25, 0.3) is 5.69 Å². The average molecular weight is 283 g/mol. The van der Waals surface area contributed by atoms with Gasteiger partial charge in [0.1, 0.15) is 0 Å². The summed E-state index contributed by atoms with van der Waals surface area (Å²) in [5, 5.41) is 10.8. The van der Waals surface area contributed by atoms with Crippen LogP contribution in [0.1, 0.15) is 17.5 Å². The Morgan fingerprint density at radius 3 is 2.42 bits per heavy atom. The van der Waals surface area contributed by atoms with Gasteiger partial charge in [-0.15, -0.1) is 11.6 Å². The van der Waals surface area contributed by atoms with Crippen LogP contribution in [-0.2, 0) is 4.79 Å². The number of nitro benzene ring substituents is 1.